The summed E-state index contributed by atoms with van der Waals surface area (Å²) in [5.41, 5.74) is 0. The van der Waals surface area contributed by atoms with Gasteiger partial charge in [0.25, 0.3) is 0 Å². The monoisotopic (exact) mass is 228 g/mol. The lowest BCUT2D eigenvalue weighted by molar-refractivity contribution is -0.182. The molecule has 1 aliphatic rings. The maximum atomic E-state index is 11.5. The van der Waals surface area contributed by atoms with E-state index in [2.05, 4.69) is 6.92 Å². The molecule has 0 saturated carbocycles. The number of hydrogen-bond acceptors (Lipinski definition) is 3. The van der Waals surface area contributed by atoms with Gasteiger partial charge in [-0.2, -0.15) is 0 Å². The van der Waals surface area contributed by atoms with Crippen molar-refractivity contribution in [3.8, 4) is 0 Å². The Balaban J connectivity index is 1.96. The molecule has 0 unspecified atom stereocenters. The summed E-state index contributed by atoms with van der Waals surface area (Å²) in [6.45, 7) is 3.73. The maximum Gasteiger partial charge on any atom is 0.157 e. The fraction of sp³-hybridized carbons (Fsp3) is 0.923. The Hall–Kier alpha value is -0.410. The number of rotatable bonds is 8. The average molecular weight is 228 g/mol. The van der Waals surface area contributed by atoms with Crippen LogP contribution in [0.5, 0.6) is 0 Å². The number of carbonyl (C=O) groups is 1. The van der Waals surface area contributed by atoms with Crippen molar-refractivity contribution in [2.24, 2.45) is 0 Å². The number of ketones is 1. The minimum Gasteiger partial charge on any atom is -0.353 e. The normalized spacial score (nSPS) is 17.6. The molecule has 0 aliphatic carbocycles. The van der Waals surface area contributed by atoms with Crippen molar-refractivity contribution < 1.29 is 14.3 Å². The number of ether oxygens (including phenoxy) is 2. The maximum absolute atomic E-state index is 11.5. The molecule has 1 heterocycles. The van der Waals surface area contributed by atoms with Crippen molar-refractivity contribution in [2.45, 2.75) is 64.6 Å². The summed E-state index contributed by atoms with van der Waals surface area (Å²) in [5.74, 6) is 0.355. The first-order valence-electron chi connectivity index (χ1n) is 6.58. The van der Waals surface area contributed by atoms with E-state index < -0.39 is 0 Å². The van der Waals surface area contributed by atoms with Crippen LogP contribution >= 0.6 is 0 Å². The van der Waals surface area contributed by atoms with Crippen LogP contribution in [0, 0.1) is 0 Å². The zero-order chi connectivity index (χ0) is 11.6. The molecule has 0 amide bonds. The van der Waals surface area contributed by atoms with Crippen molar-refractivity contribution in [1.29, 1.82) is 0 Å². The van der Waals surface area contributed by atoms with E-state index in [0.717, 1.165) is 38.9 Å². The van der Waals surface area contributed by atoms with Crippen LogP contribution in [0.1, 0.15) is 58.3 Å². The van der Waals surface area contributed by atoms with Gasteiger partial charge in [-0.15, -0.1) is 0 Å². The lowest BCUT2D eigenvalue weighted by Crippen LogP contribution is -2.25. The van der Waals surface area contributed by atoms with Gasteiger partial charge in [0, 0.05) is 19.3 Å². The molecule has 3 heteroatoms. The van der Waals surface area contributed by atoms with Gasteiger partial charge >= 0.3 is 0 Å². The predicted molar refractivity (Wildman–Crippen MR) is 63.3 cm³/mol. The van der Waals surface area contributed by atoms with Crippen LogP contribution in [-0.2, 0) is 14.3 Å². The zero-order valence-corrected chi connectivity index (χ0v) is 10.4. The first-order valence-corrected chi connectivity index (χ1v) is 6.58. The van der Waals surface area contributed by atoms with Gasteiger partial charge in [-0.3, -0.25) is 4.79 Å². The van der Waals surface area contributed by atoms with Crippen LogP contribution in [0.15, 0.2) is 0 Å². The van der Waals surface area contributed by atoms with E-state index in [0.29, 0.717) is 12.2 Å². The second-order valence-corrected chi connectivity index (χ2v) is 4.41. The number of hydrogen-bond donors (Lipinski definition) is 0. The van der Waals surface area contributed by atoms with E-state index in [9.17, 15) is 4.79 Å². The molecular formula is C13H24O3. The summed E-state index contributed by atoms with van der Waals surface area (Å²) in [5, 5.41) is 0. The molecule has 0 spiro atoms. The van der Waals surface area contributed by atoms with Crippen LogP contribution in [-0.4, -0.2) is 25.3 Å². The fourth-order valence-corrected chi connectivity index (χ4v) is 1.86. The summed E-state index contributed by atoms with van der Waals surface area (Å²) >= 11 is 0. The minimum atomic E-state index is -0.131. The first-order chi connectivity index (χ1) is 7.83. The molecule has 0 atom stereocenters. The summed E-state index contributed by atoms with van der Waals surface area (Å²) < 4.78 is 10.8. The second-order valence-electron chi connectivity index (χ2n) is 4.41. The Kier molecular flexibility index (Phi) is 7.43. The molecule has 1 fully saturated rings. The van der Waals surface area contributed by atoms with Crippen molar-refractivity contribution in [3.63, 3.8) is 0 Å². The van der Waals surface area contributed by atoms with Crippen molar-refractivity contribution in [1.82, 2.24) is 0 Å². The molecule has 1 saturated heterocycles. The van der Waals surface area contributed by atoms with Gasteiger partial charge in [0.1, 0.15) is 5.78 Å². The first kappa shape index (κ1) is 13.7. The van der Waals surface area contributed by atoms with Gasteiger partial charge in [0.05, 0.1) is 13.2 Å². The molecule has 0 aromatic heterocycles. The highest BCUT2D eigenvalue weighted by atomic mass is 16.7. The zero-order valence-electron chi connectivity index (χ0n) is 10.4. The summed E-state index contributed by atoms with van der Waals surface area (Å²) in [6, 6.07) is 0. The summed E-state index contributed by atoms with van der Waals surface area (Å²) in [4.78, 5) is 11.5. The van der Waals surface area contributed by atoms with E-state index in [4.69, 9.17) is 9.47 Å². The molecular weight excluding hydrogens is 204 g/mol. The van der Waals surface area contributed by atoms with E-state index in [1.165, 1.54) is 19.3 Å². The van der Waals surface area contributed by atoms with Gasteiger partial charge in [0.2, 0.25) is 0 Å². The Morgan fingerprint density at radius 2 is 1.88 bits per heavy atom. The molecule has 0 N–H and O–H groups in total. The highest BCUT2D eigenvalue weighted by Crippen LogP contribution is 2.12. The molecule has 94 valence electrons. The van der Waals surface area contributed by atoms with Crippen LogP contribution in [0.3, 0.4) is 0 Å². The van der Waals surface area contributed by atoms with Crippen molar-refractivity contribution >= 4 is 5.78 Å². The number of Topliss-reactive ketones (excluding diaryl/α,β-unsaturated/α-hetero) is 1. The third-order valence-electron chi connectivity index (χ3n) is 2.86. The van der Waals surface area contributed by atoms with Gasteiger partial charge in [0.15, 0.2) is 6.29 Å². The third kappa shape index (κ3) is 6.23. The number of carbonyl (C=O) groups excluding carboxylic acids is 1. The minimum absolute atomic E-state index is 0.131. The Morgan fingerprint density at radius 3 is 2.56 bits per heavy atom. The van der Waals surface area contributed by atoms with Crippen molar-refractivity contribution in [3.05, 3.63) is 0 Å². The van der Waals surface area contributed by atoms with Gasteiger partial charge in [-0.05, 0) is 12.8 Å². The molecule has 1 rings (SSSR count). The standard InChI is InChI=1S/C13H24O3/c1-2-3-4-5-7-12(14)8-9-13-15-10-6-11-16-13/h13H,2-11H2,1H3. The quantitative estimate of drug-likeness (QED) is 0.599. The molecule has 3 nitrogen and oxygen atoms in total. The Labute approximate surface area is 98.5 Å². The topological polar surface area (TPSA) is 35.5 Å². The lowest BCUT2D eigenvalue weighted by Gasteiger charge is -2.22. The largest absolute Gasteiger partial charge is 0.353 e. The fourth-order valence-electron chi connectivity index (χ4n) is 1.86. The number of unbranched alkanes of at least 4 members (excludes halogenated alkanes) is 3. The van der Waals surface area contributed by atoms with Crippen LogP contribution < -0.4 is 0 Å². The van der Waals surface area contributed by atoms with Gasteiger partial charge < -0.3 is 9.47 Å². The molecule has 16 heavy (non-hydrogen) atoms. The highest BCUT2D eigenvalue weighted by molar-refractivity contribution is 5.78. The average Bonchev–Trinajstić information content (AvgIpc) is 2.33. The summed E-state index contributed by atoms with van der Waals surface area (Å²) in [7, 11) is 0. The Morgan fingerprint density at radius 1 is 1.12 bits per heavy atom. The van der Waals surface area contributed by atoms with Crippen LogP contribution in [0.4, 0.5) is 0 Å². The van der Waals surface area contributed by atoms with Crippen LogP contribution in [0.2, 0.25) is 0 Å². The lowest BCUT2D eigenvalue weighted by atomic mass is 10.1. The smallest absolute Gasteiger partial charge is 0.157 e. The summed E-state index contributed by atoms with van der Waals surface area (Å²) in [6.07, 6.45) is 7.59. The molecule has 1 aliphatic heterocycles. The predicted octanol–water partition coefficient (Wildman–Crippen LogP) is 3.07. The van der Waals surface area contributed by atoms with E-state index in [1.54, 1.807) is 0 Å². The highest BCUT2D eigenvalue weighted by Gasteiger charge is 2.15. The van der Waals surface area contributed by atoms with E-state index in [-0.39, 0.29) is 6.29 Å². The third-order valence-corrected chi connectivity index (χ3v) is 2.86. The van der Waals surface area contributed by atoms with Gasteiger partial charge in [-0.1, -0.05) is 26.2 Å². The van der Waals surface area contributed by atoms with E-state index in [1.807, 2.05) is 0 Å². The van der Waals surface area contributed by atoms with Crippen molar-refractivity contribution in [2.75, 3.05) is 13.2 Å². The SMILES string of the molecule is CCCCCCC(=O)CCC1OCCCO1. The van der Waals surface area contributed by atoms with Crippen LogP contribution in [0.25, 0.3) is 0 Å². The molecule has 0 aromatic rings. The molecule has 0 aromatic carbocycles. The Bertz CT molecular complexity index is 186. The van der Waals surface area contributed by atoms with Gasteiger partial charge in [-0.25, -0.2) is 0 Å². The molecule has 0 radical (unpaired) electrons. The second kappa shape index (κ2) is 8.71. The van der Waals surface area contributed by atoms with E-state index >= 15 is 0 Å². The molecule has 0 bridgehead atoms.